The van der Waals surface area contributed by atoms with E-state index in [0.717, 1.165) is 30.0 Å². The van der Waals surface area contributed by atoms with Crippen molar-refractivity contribution in [3.8, 4) is 0 Å². The predicted molar refractivity (Wildman–Crippen MR) is 104 cm³/mol. The maximum atomic E-state index is 15.6. The Morgan fingerprint density at radius 2 is 1.97 bits per heavy atom. The molecule has 3 N–H and O–H groups in total. The summed E-state index contributed by atoms with van der Waals surface area (Å²) in [4.78, 5) is 25.6. The van der Waals surface area contributed by atoms with Gasteiger partial charge in [-0.3, -0.25) is 4.79 Å². The fraction of sp³-hybridized carbons (Fsp3) is 0.238. The number of hydrogen-bond donors (Lipinski definition) is 2. The summed E-state index contributed by atoms with van der Waals surface area (Å²) in [5.41, 5.74) is 6.62. The minimum atomic E-state index is -1.42. The van der Waals surface area contributed by atoms with Gasteiger partial charge in [-0.05, 0) is 36.1 Å². The largest absolute Gasteiger partial charge is 0.477 e. The predicted octanol–water partition coefficient (Wildman–Crippen LogP) is 3.42. The Morgan fingerprint density at radius 1 is 1.21 bits per heavy atom. The number of aromatic nitrogens is 1. The summed E-state index contributed by atoms with van der Waals surface area (Å²) in [7, 11) is 0. The Hall–Kier alpha value is -3.42. The summed E-state index contributed by atoms with van der Waals surface area (Å²) in [6.45, 7) is 0.544. The lowest BCUT2D eigenvalue weighted by atomic mass is 10.1. The molecule has 0 amide bonds. The van der Waals surface area contributed by atoms with Gasteiger partial charge in [-0.15, -0.1) is 0 Å². The van der Waals surface area contributed by atoms with Crippen LogP contribution in [0.1, 0.15) is 40.4 Å². The molecule has 2 aliphatic rings. The van der Waals surface area contributed by atoms with Crippen molar-refractivity contribution >= 4 is 28.2 Å². The van der Waals surface area contributed by atoms with Crippen LogP contribution in [-0.2, 0) is 13.1 Å². The van der Waals surface area contributed by atoms with Crippen LogP contribution >= 0.6 is 0 Å². The standard InChI is InChI=1S/C21H17F2N3O3/c22-15-6-12-18(26(11-4-5-11)9-14(20(12)27)21(28)29)17(23)19(15)25-7-10-2-1-3-16(24)13(10)8-25/h1-3,6,9,11H,4-5,7-8,24H2,(H,28,29). The van der Waals surface area contributed by atoms with Crippen LogP contribution in [-0.4, -0.2) is 15.6 Å². The van der Waals surface area contributed by atoms with E-state index in [1.165, 1.54) is 10.8 Å². The third kappa shape index (κ3) is 2.59. The van der Waals surface area contributed by atoms with E-state index in [0.29, 0.717) is 12.2 Å². The van der Waals surface area contributed by atoms with Gasteiger partial charge < -0.3 is 20.3 Å². The highest BCUT2D eigenvalue weighted by Crippen LogP contribution is 2.41. The smallest absolute Gasteiger partial charge is 0.341 e. The maximum Gasteiger partial charge on any atom is 0.341 e. The molecule has 0 bridgehead atoms. The molecule has 1 fully saturated rings. The average Bonchev–Trinajstić information content (AvgIpc) is 3.42. The molecule has 29 heavy (non-hydrogen) atoms. The van der Waals surface area contributed by atoms with E-state index in [1.807, 2.05) is 6.07 Å². The zero-order valence-corrected chi connectivity index (χ0v) is 15.3. The van der Waals surface area contributed by atoms with Gasteiger partial charge in [0.05, 0.1) is 10.9 Å². The quantitative estimate of drug-likeness (QED) is 0.661. The zero-order chi connectivity index (χ0) is 20.4. The minimum absolute atomic E-state index is 0.0529. The van der Waals surface area contributed by atoms with Crippen LogP contribution in [0, 0.1) is 11.6 Å². The van der Waals surface area contributed by atoms with Crippen molar-refractivity contribution < 1.29 is 18.7 Å². The van der Waals surface area contributed by atoms with Crippen LogP contribution in [0.3, 0.4) is 0 Å². The molecule has 2 aromatic carbocycles. The van der Waals surface area contributed by atoms with Crippen molar-refractivity contribution in [3.63, 3.8) is 0 Å². The van der Waals surface area contributed by atoms with Crippen molar-refractivity contribution in [2.75, 3.05) is 10.6 Å². The van der Waals surface area contributed by atoms with E-state index in [1.54, 1.807) is 17.0 Å². The fourth-order valence-electron chi connectivity index (χ4n) is 4.12. The molecule has 2 heterocycles. The van der Waals surface area contributed by atoms with Gasteiger partial charge in [-0.2, -0.15) is 0 Å². The number of pyridine rings is 1. The Morgan fingerprint density at radius 3 is 2.62 bits per heavy atom. The maximum absolute atomic E-state index is 15.6. The summed E-state index contributed by atoms with van der Waals surface area (Å²) in [6, 6.07) is 6.25. The number of carboxylic acid groups (broad SMARTS) is 1. The SMILES string of the molecule is Nc1cccc2c1CN(c1c(F)cc3c(=O)c(C(=O)O)cn(C4CC4)c3c1F)C2. The number of rotatable bonds is 3. The van der Waals surface area contributed by atoms with Crippen LogP contribution in [0.5, 0.6) is 0 Å². The molecule has 0 spiro atoms. The number of nitrogens with zero attached hydrogens (tertiary/aromatic N) is 2. The molecule has 6 nitrogen and oxygen atoms in total. The summed E-state index contributed by atoms with van der Waals surface area (Å²) in [5, 5.41) is 9.07. The second-order valence-electron chi connectivity index (χ2n) is 7.57. The molecular formula is C21H17F2N3O3. The van der Waals surface area contributed by atoms with Crippen LogP contribution < -0.4 is 16.1 Å². The van der Waals surface area contributed by atoms with E-state index in [4.69, 9.17) is 5.73 Å². The first kappa shape index (κ1) is 17.7. The van der Waals surface area contributed by atoms with E-state index < -0.39 is 28.6 Å². The van der Waals surface area contributed by atoms with Gasteiger partial charge in [-0.25, -0.2) is 13.6 Å². The topological polar surface area (TPSA) is 88.6 Å². The van der Waals surface area contributed by atoms with Crippen LogP contribution in [0.25, 0.3) is 10.9 Å². The number of nitrogen functional groups attached to an aromatic ring is 1. The molecule has 1 saturated carbocycles. The van der Waals surface area contributed by atoms with Crippen molar-refractivity contribution in [1.29, 1.82) is 0 Å². The third-order valence-electron chi connectivity index (χ3n) is 5.69. The molecule has 1 aliphatic carbocycles. The molecule has 0 atom stereocenters. The second kappa shape index (κ2) is 6.04. The van der Waals surface area contributed by atoms with Crippen molar-refractivity contribution in [2.24, 2.45) is 0 Å². The molecule has 5 rings (SSSR count). The lowest BCUT2D eigenvalue weighted by molar-refractivity contribution is 0.0695. The van der Waals surface area contributed by atoms with Gasteiger partial charge in [0.25, 0.3) is 0 Å². The number of carboxylic acids is 1. The highest BCUT2D eigenvalue weighted by Gasteiger charge is 2.32. The summed E-state index contributed by atoms with van der Waals surface area (Å²) in [5.74, 6) is -3.17. The molecular weight excluding hydrogens is 380 g/mol. The third-order valence-corrected chi connectivity index (χ3v) is 5.69. The van der Waals surface area contributed by atoms with Crippen LogP contribution in [0.2, 0.25) is 0 Å². The molecule has 1 aliphatic heterocycles. The monoisotopic (exact) mass is 397 g/mol. The van der Waals surface area contributed by atoms with Gasteiger partial charge in [0.1, 0.15) is 17.1 Å². The molecule has 0 saturated heterocycles. The van der Waals surface area contributed by atoms with Gasteiger partial charge in [-0.1, -0.05) is 12.1 Å². The highest BCUT2D eigenvalue weighted by atomic mass is 19.1. The molecule has 148 valence electrons. The number of carbonyl (C=O) groups is 1. The Balaban J connectivity index is 1.74. The first-order valence-electron chi connectivity index (χ1n) is 9.28. The number of nitrogens with two attached hydrogens (primary N) is 1. The van der Waals surface area contributed by atoms with Gasteiger partial charge in [0, 0.05) is 31.0 Å². The second-order valence-corrected chi connectivity index (χ2v) is 7.57. The molecule has 1 aromatic heterocycles. The Bertz CT molecular complexity index is 1260. The van der Waals surface area contributed by atoms with Crippen molar-refractivity contribution in [1.82, 2.24) is 4.57 Å². The lowest BCUT2D eigenvalue weighted by Gasteiger charge is -2.22. The van der Waals surface area contributed by atoms with E-state index in [-0.39, 0.29) is 29.2 Å². The fourth-order valence-corrected chi connectivity index (χ4v) is 4.12. The number of anilines is 2. The summed E-state index contributed by atoms with van der Waals surface area (Å²) < 4.78 is 32.1. The molecule has 8 heteroatoms. The first-order chi connectivity index (χ1) is 13.9. The summed E-state index contributed by atoms with van der Waals surface area (Å²) in [6.07, 6.45) is 2.66. The van der Waals surface area contributed by atoms with Crippen molar-refractivity contribution in [3.05, 3.63) is 69.0 Å². The van der Waals surface area contributed by atoms with Gasteiger partial charge in [0.15, 0.2) is 5.82 Å². The van der Waals surface area contributed by atoms with Crippen molar-refractivity contribution in [2.45, 2.75) is 32.0 Å². The molecule has 3 aromatic rings. The van der Waals surface area contributed by atoms with Gasteiger partial charge in [0.2, 0.25) is 5.43 Å². The number of benzene rings is 2. The van der Waals surface area contributed by atoms with Crippen LogP contribution in [0.4, 0.5) is 20.2 Å². The highest BCUT2D eigenvalue weighted by molar-refractivity contribution is 5.94. The van der Waals surface area contributed by atoms with E-state index in [9.17, 15) is 14.7 Å². The van der Waals surface area contributed by atoms with Gasteiger partial charge >= 0.3 is 5.97 Å². The lowest BCUT2D eigenvalue weighted by Crippen LogP contribution is -2.23. The minimum Gasteiger partial charge on any atom is -0.477 e. The van der Waals surface area contributed by atoms with E-state index >= 15 is 8.78 Å². The number of fused-ring (bicyclic) bond motifs is 2. The first-order valence-corrected chi connectivity index (χ1v) is 9.28. The Kier molecular flexibility index (Phi) is 3.68. The Labute approximate surface area is 163 Å². The summed E-state index contributed by atoms with van der Waals surface area (Å²) >= 11 is 0. The average molecular weight is 397 g/mol. The number of aromatic carboxylic acids is 1. The molecule has 0 unspecified atom stereocenters. The normalized spacial score (nSPS) is 15.7. The number of hydrogen-bond acceptors (Lipinski definition) is 4. The molecule has 0 radical (unpaired) electrons. The zero-order valence-electron chi connectivity index (χ0n) is 15.3. The van der Waals surface area contributed by atoms with E-state index in [2.05, 4.69) is 0 Å². The number of halogens is 2. The van der Waals surface area contributed by atoms with Crippen LogP contribution in [0.15, 0.2) is 35.3 Å².